The quantitative estimate of drug-likeness (QED) is 0.600. The van der Waals surface area contributed by atoms with Crippen molar-refractivity contribution in [3.8, 4) is 5.75 Å². The maximum atomic E-state index is 9.54. The van der Waals surface area contributed by atoms with Crippen molar-refractivity contribution in [2.24, 2.45) is 10.4 Å². The fraction of sp³-hybridized carbons (Fsp3) is 0.500. The van der Waals surface area contributed by atoms with Crippen molar-refractivity contribution >= 4 is 11.6 Å². The van der Waals surface area contributed by atoms with Crippen LogP contribution in [0.3, 0.4) is 0 Å². The Morgan fingerprint density at radius 2 is 1.81 bits per heavy atom. The zero-order chi connectivity index (χ0) is 15.5. The van der Waals surface area contributed by atoms with Gasteiger partial charge < -0.3 is 30.1 Å². The Morgan fingerprint density at radius 3 is 2.33 bits per heavy atom. The Balaban J connectivity index is 2.50. The van der Waals surface area contributed by atoms with E-state index in [4.69, 9.17) is 9.47 Å². The number of ether oxygens (including phenoxy) is 2. The Bertz CT molecular complexity index is 520. The third kappa shape index (κ3) is 2.55. The maximum absolute atomic E-state index is 9.54. The third-order valence-corrected chi connectivity index (χ3v) is 3.72. The Morgan fingerprint density at radius 1 is 1.14 bits per heavy atom. The fourth-order valence-corrected chi connectivity index (χ4v) is 2.26. The topological polar surface area (TPSA) is 104 Å². The molecule has 0 bridgehead atoms. The average molecular weight is 296 g/mol. The monoisotopic (exact) mass is 296 g/mol. The summed E-state index contributed by atoms with van der Waals surface area (Å²) in [5, 5.41) is 31.7. The summed E-state index contributed by atoms with van der Waals surface area (Å²) in [4.78, 5) is 4.36. The van der Waals surface area contributed by atoms with Crippen LogP contribution in [0.1, 0.15) is 5.56 Å². The zero-order valence-corrected chi connectivity index (χ0v) is 12.0. The number of nitrogens with one attached hydrogen (secondary N) is 1. The van der Waals surface area contributed by atoms with Gasteiger partial charge in [-0.25, -0.2) is 4.99 Å². The highest BCUT2D eigenvalue weighted by Gasteiger charge is 2.41. The molecule has 1 atom stereocenters. The lowest BCUT2D eigenvalue weighted by atomic mass is 9.86. The number of aliphatic hydroxyl groups is 3. The number of benzene rings is 1. The summed E-state index contributed by atoms with van der Waals surface area (Å²) < 4.78 is 10.6. The van der Waals surface area contributed by atoms with E-state index in [1.807, 2.05) is 6.07 Å². The van der Waals surface area contributed by atoms with Crippen LogP contribution in [0.25, 0.3) is 0 Å². The van der Waals surface area contributed by atoms with Crippen LogP contribution < -0.4 is 10.1 Å². The Hall–Kier alpha value is -1.83. The van der Waals surface area contributed by atoms with Crippen molar-refractivity contribution in [2.75, 3.05) is 39.4 Å². The van der Waals surface area contributed by atoms with Crippen LogP contribution in [0.5, 0.6) is 5.75 Å². The summed E-state index contributed by atoms with van der Waals surface area (Å²) in [6.45, 7) is -1.26. The molecule has 1 aliphatic heterocycles. The van der Waals surface area contributed by atoms with Crippen molar-refractivity contribution in [2.45, 2.75) is 6.17 Å². The molecule has 1 aromatic rings. The minimum Gasteiger partial charge on any atom is -0.496 e. The molecule has 7 nitrogen and oxygen atoms in total. The maximum Gasteiger partial charge on any atom is 0.223 e. The van der Waals surface area contributed by atoms with E-state index in [-0.39, 0.29) is 0 Å². The van der Waals surface area contributed by atoms with Crippen LogP contribution in [0.2, 0.25) is 0 Å². The number of hydrogen-bond donors (Lipinski definition) is 4. The molecule has 0 aliphatic carbocycles. The molecule has 1 aliphatic rings. The van der Waals surface area contributed by atoms with Crippen molar-refractivity contribution < 1.29 is 24.8 Å². The SMILES string of the molecule is COC1=NC(C(CO)(CO)CO)Nc2cccc(OC)c21. The molecule has 116 valence electrons. The molecule has 21 heavy (non-hydrogen) atoms. The highest BCUT2D eigenvalue weighted by Crippen LogP contribution is 2.35. The molecule has 0 amide bonds. The number of hydrogen-bond acceptors (Lipinski definition) is 7. The van der Waals surface area contributed by atoms with E-state index in [1.54, 1.807) is 19.2 Å². The highest BCUT2D eigenvalue weighted by atomic mass is 16.5. The van der Waals surface area contributed by atoms with E-state index in [1.165, 1.54) is 7.11 Å². The van der Waals surface area contributed by atoms with Crippen molar-refractivity contribution in [1.29, 1.82) is 0 Å². The van der Waals surface area contributed by atoms with Crippen LogP contribution in [-0.4, -0.2) is 61.4 Å². The van der Waals surface area contributed by atoms with Gasteiger partial charge in [-0.05, 0) is 12.1 Å². The van der Waals surface area contributed by atoms with Gasteiger partial charge in [-0.2, -0.15) is 0 Å². The van der Waals surface area contributed by atoms with Crippen LogP contribution in [0, 0.1) is 5.41 Å². The molecule has 0 fully saturated rings. The first kappa shape index (κ1) is 15.6. The molecule has 2 rings (SSSR count). The molecule has 0 saturated carbocycles. The normalized spacial score (nSPS) is 17.6. The summed E-state index contributed by atoms with van der Waals surface area (Å²) in [6, 6.07) is 5.40. The largest absolute Gasteiger partial charge is 0.496 e. The van der Waals surface area contributed by atoms with E-state index in [9.17, 15) is 15.3 Å². The van der Waals surface area contributed by atoms with E-state index >= 15 is 0 Å². The van der Waals surface area contributed by atoms with Gasteiger partial charge >= 0.3 is 0 Å². The number of aliphatic imine (C=N–C) groups is 1. The number of nitrogens with zero attached hydrogens (tertiary/aromatic N) is 1. The third-order valence-electron chi connectivity index (χ3n) is 3.72. The Labute approximate surface area is 122 Å². The lowest BCUT2D eigenvalue weighted by Crippen LogP contribution is -2.50. The molecular formula is C14H20N2O5. The highest BCUT2D eigenvalue weighted by molar-refractivity contribution is 6.03. The average Bonchev–Trinajstić information content (AvgIpc) is 2.55. The van der Waals surface area contributed by atoms with Crippen LogP contribution in [-0.2, 0) is 4.74 Å². The van der Waals surface area contributed by atoms with Gasteiger partial charge in [-0.3, -0.25) is 0 Å². The molecule has 0 saturated heterocycles. The fourth-order valence-electron chi connectivity index (χ4n) is 2.26. The minimum atomic E-state index is -1.19. The minimum absolute atomic E-state index is 0.325. The van der Waals surface area contributed by atoms with Gasteiger partial charge in [-0.1, -0.05) is 6.07 Å². The Kier molecular flexibility index (Phi) is 4.66. The van der Waals surface area contributed by atoms with E-state index in [2.05, 4.69) is 10.3 Å². The molecule has 1 unspecified atom stereocenters. The van der Waals surface area contributed by atoms with Gasteiger partial charge in [0.1, 0.15) is 17.5 Å². The van der Waals surface area contributed by atoms with Crippen molar-refractivity contribution in [3.63, 3.8) is 0 Å². The second-order valence-electron chi connectivity index (χ2n) is 4.90. The van der Waals surface area contributed by atoms with E-state index in [0.717, 1.165) is 0 Å². The summed E-state index contributed by atoms with van der Waals surface area (Å²) in [6.07, 6.45) is -0.716. The summed E-state index contributed by atoms with van der Waals surface area (Å²) >= 11 is 0. The molecule has 0 aromatic heterocycles. The van der Waals surface area contributed by atoms with Crippen LogP contribution in [0.15, 0.2) is 23.2 Å². The smallest absolute Gasteiger partial charge is 0.223 e. The molecule has 4 N–H and O–H groups in total. The molecule has 0 radical (unpaired) electrons. The number of anilines is 1. The number of methoxy groups -OCH3 is 2. The molecule has 0 spiro atoms. The summed E-state index contributed by atoms with van der Waals surface area (Å²) in [5.74, 6) is 0.924. The number of fused-ring (bicyclic) bond motifs is 1. The zero-order valence-electron chi connectivity index (χ0n) is 12.0. The van der Waals surface area contributed by atoms with Gasteiger partial charge in [0.25, 0.3) is 0 Å². The first-order chi connectivity index (χ1) is 10.2. The second kappa shape index (κ2) is 6.30. The van der Waals surface area contributed by atoms with Crippen molar-refractivity contribution in [1.82, 2.24) is 0 Å². The van der Waals surface area contributed by atoms with E-state index in [0.29, 0.717) is 22.9 Å². The van der Waals surface area contributed by atoms with Gasteiger partial charge in [0.15, 0.2) is 0 Å². The summed E-state index contributed by atoms with van der Waals surface area (Å²) in [7, 11) is 3.03. The standard InChI is InChI=1S/C14H20N2O5/c1-20-10-5-3-4-9-11(10)12(21-2)16-13(15-9)14(6-17,7-18)8-19/h3-5,13,15,17-19H,6-8H2,1-2H3. The molecular weight excluding hydrogens is 276 g/mol. The predicted octanol–water partition coefficient (Wildman–Crippen LogP) is -0.197. The predicted molar refractivity (Wildman–Crippen MR) is 77.6 cm³/mol. The van der Waals surface area contributed by atoms with E-state index < -0.39 is 31.4 Å². The van der Waals surface area contributed by atoms with Crippen molar-refractivity contribution in [3.05, 3.63) is 23.8 Å². The van der Waals surface area contributed by atoms with Gasteiger partial charge in [-0.15, -0.1) is 0 Å². The first-order valence-electron chi connectivity index (χ1n) is 6.54. The second-order valence-corrected chi connectivity index (χ2v) is 4.90. The lowest BCUT2D eigenvalue weighted by molar-refractivity contribution is -0.00707. The number of rotatable bonds is 5. The van der Waals surface area contributed by atoms with Gasteiger partial charge in [0.2, 0.25) is 5.90 Å². The molecule has 7 heteroatoms. The number of aliphatic hydroxyl groups excluding tert-OH is 3. The van der Waals surface area contributed by atoms with Crippen LogP contribution >= 0.6 is 0 Å². The first-order valence-corrected chi connectivity index (χ1v) is 6.54. The summed E-state index contributed by atoms with van der Waals surface area (Å²) in [5.41, 5.74) is 0.178. The van der Waals surface area contributed by atoms with Crippen LogP contribution in [0.4, 0.5) is 5.69 Å². The lowest BCUT2D eigenvalue weighted by Gasteiger charge is -2.37. The van der Waals surface area contributed by atoms with Gasteiger partial charge in [0.05, 0.1) is 45.1 Å². The molecule has 1 heterocycles. The molecule has 1 aromatic carbocycles. The van der Waals surface area contributed by atoms with Gasteiger partial charge in [0, 0.05) is 0 Å².